The molecule has 0 bridgehead atoms. The summed E-state index contributed by atoms with van der Waals surface area (Å²) in [4.78, 5) is 0. The Morgan fingerprint density at radius 3 is 2.36 bits per heavy atom. The highest BCUT2D eigenvalue weighted by atomic mass is 35.5. The number of methoxy groups -OCH3 is 1. The third-order valence-corrected chi connectivity index (χ3v) is 9.25. The predicted molar refractivity (Wildman–Crippen MR) is 97.4 cm³/mol. The second-order valence-corrected chi connectivity index (χ2v) is 10.7. The van der Waals surface area contributed by atoms with Crippen molar-refractivity contribution in [2.24, 2.45) is 10.9 Å². The number of sulfone groups is 1. The summed E-state index contributed by atoms with van der Waals surface area (Å²) >= 11 is 0.653. The zero-order valence-electron chi connectivity index (χ0n) is 13.1. The van der Waals surface area contributed by atoms with Crippen LogP contribution in [0.4, 0.5) is 0 Å². The van der Waals surface area contributed by atoms with Gasteiger partial charge in [0.25, 0.3) is 0 Å². The highest BCUT2D eigenvalue weighted by Gasteiger charge is 2.41. The van der Waals surface area contributed by atoms with E-state index in [1.165, 1.54) is 13.2 Å². The van der Waals surface area contributed by atoms with Crippen LogP contribution in [-0.2, 0) is 19.9 Å². The van der Waals surface area contributed by atoms with E-state index < -0.39 is 31.2 Å². The average molecular weight is 425 g/mol. The average Bonchev–Trinajstić information content (AvgIpc) is 2.98. The van der Waals surface area contributed by atoms with Gasteiger partial charge in [-0.25, -0.2) is 22.0 Å². The van der Waals surface area contributed by atoms with Crippen LogP contribution in [0, 0.1) is 0 Å². The lowest BCUT2D eigenvalue weighted by Gasteiger charge is -2.27. The van der Waals surface area contributed by atoms with Gasteiger partial charge in [-0.1, -0.05) is 12.1 Å². The maximum absolute atomic E-state index is 12.9. The Labute approximate surface area is 156 Å². The molecule has 138 valence electrons. The summed E-state index contributed by atoms with van der Waals surface area (Å²) in [5.41, 5.74) is 6.99. The fourth-order valence-electron chi connectivity index (χ4n) is 2.73. The zero-order chi connectivity index (χ0) is 17.7. The number of halogens is 1. The monoisotopic (exact) mass is 424 g/mol. The van der Waals surface area contributed by atoms with Crippen LogP contribution in [0.3, 0.4) is 0 Å². The van der Waals surface area contributed by atoms with E-state index in [-0.39, 0.29) is 27.2 Å². The Balaban J connectivity index is 0.00000225. The van der Waals surface area contributed by atoms with Gasteiger partial charge < -0.3 is 10.5 Å². The first kappa shape index (κ1) is 20.1. The molecule has 0 aliphatic carbocycles. The van der Waals surface area contributed by atoms with E-state index in [4.69, 9.17) is 15.6 Å². The van der Waals surface area contributed by atoms with Gasteiger partial charge in [0.1, 0.15) is 14.2 Å². The van der Waals surface area contributed by atoms with Crippen LogP contribution in [0.2, 0.25) is 0 Å². The molecule has 0 amide bonds. The summed E-state index contributed by atoms with van der Waals surface area (Å²) in [7, 11) is -6.21. The molecule has 3 rings (SSSR count). The van der Waals surface area contributed by atoms with Crippen molar-refractivity contribution >= 4 is 43.6 Å². The van der Waals surface area contributed by atoms with Crippen LogP contribution < -0.4 is 15.6 Å². The molecule has 1 aliphatic rings. The number of hydrogen-bond acceptors (Lipinski definition) is 7. The second kappa shape index (κ2) is 6.86. The molecule has 11 heteroatoms. The van der Waals surface area contributed by atoms with Gasteiger partial charge in [-0.2, -0.15) is 0 Å². The van der Waals surface area contributed by atoms with Gasteiger partial charge in [0.15, 0.2) is 9.84 Å². The molecule has 2 aromatic rings. The molecule has 2 atom stereocenters. The van der Waals surface area contributed by atoms with Crippen molar-refractivity contribution in [3.05, 3.63) is 41.5 Å². The number of fused-ring (bicyclic) bond motifs is 1. The lowest BCUT2D eigenvalue weighted by atomic mass is 10.0. The van der Waals surface area contributed by atoms with Crippen molar-refractivity contribution in [3.8, 4) is 5.75 Å². The maximum Gasteiger partial charge on any atom is 0.247 e. The van der Waals surface area contributed by atoms with Crippen molar-refractivity contribution in [1.29, 1.82) is 0 Å². The summed E-state index contributed by atoms with van der Waals surface area (Å²) in [6.07, 6.45) is 0.169. The minimum atomic E-state index is -3.98. The van der Waals surface area contributed by atoms with E-state index in [9.17, 15) is 16.8 Å². The lowest BCUT2D eigenvalue weighted by Crippen LogP contribution is -2.26. The standard InChI is InChI=1S/C14H16N2O5S3.ClH/c1-21-9-4-2-8(3-5-9)12-7-11(15)10-6-13(24(16,19)20)22-14(10)23(12,17)18;/h2-6,11-12H,7,15H2,1H3,(H2,16,19,20);1H. The van der Waals surface area contributed by atoms with Crippen molar-refractivity contribution in [1.82, 2.24) is 0 Å². The third-order valence-electron chi connectivity index (χ3n) is 3.97. The Bertz CT molecular complexity index is 984. The van der Waals surface area contributed by atoms with E-state index in [1.807, 2.05) is 0 Å². The van der Waals surface area contributed by atoms with Gasteiger partial charge in [-0.15, -0.1) is 23.7 Å². The normalized spacial score (nSPS) is 21.9. The zero-order valence-corrected chi connectivity index (χ0v) is 16.3. The SMILES string of the molecule is COc1ccc(C2CC(N)c3cc(S(N)(=O)=O)sc3S2(=O)=O)cc1.Cl. The van der Waals surface area contributed by atoms with E-state index >= 15 is 0 Å². The molecule has 0 radical (unpaired) electrons. The molecule has 2 unspecified atom stereocenters. The van der Waals surface area contributed by atoms with Crippen LogP contribution in [0.25, 0.3) is 0 Å². The van der Waals surface area contributed by atoms with Gasteiger partial charge in [0, 0.05) is 6.04 Å². The maximum atomic E-state index is 12.9. The van der Waals surface area contributed by atoms with Crippen molar-refractivity contribution in [3.63, 3.8) is 0 Å². The van der Waals surface area contributed by atoms with Crippen LogP contribution >= 0.6 is 23.7 Å². The molecule has 4 N–H and O–H groups in total. The van der Waals surface area contributed by atoms with Crippen LogP contribution in [0.15, 0.2) is 38.8 Å². The second-order valence-electron chi connectivity index (χ2n) is 5.50. The molecule has 1 aromatic carbocycles. The van der Waals surface area contributed by atoms with Crippen LogP contribution in [-0.4, -0.2) is 23.9 Å². The number of thiophene rings is 1. The molecule has 7 nitrogen and oxygen atoms in total. The molecule has 25 heavy (non-hydrogen) atoms. The van der Waals surface area contributed by atoms with Crippen LogP contribution in [0.5, 0.6) is 5.75 Å². The number of primary sulfonamides is 1. The van der Waals surface area contributed by atoms with E-state index in [0.29, 0.717) is 28.2 Å². The van der Waals surface area contributed by atoms with Crippen molar-refractivity contribution < 1.29 is 21.6 Å². The van der Waals surface area contributed by atoms with E-state index in [1.54, 1.807) is 24.3 Å². The summed E-state index contributed by atoms with van der Waals surface area (Å²) in [5.74, 6) is 0.615. The Morgan fingerprint density at radius 1 is 1.24 bits per heavy atom. The summed E-state index contributed by atoms with van der Waals surface area (Å²) in [6, 6.07) is 7.39. The molecular weight excluding hydrogens is 408 g/mol. The van der Waals surface area contributed by atoms with Gasteiger partial charge in [0.2, 0.25) is 10.0 Å². The van der Waals surface area contributed by atoms with Gasteiger partial charge in [-0.3, -0.25) is 0 Å². The topological polar surface area (TPSA) is 130 Å². The first-order valence-electron chi connectivity index (χ1n) is 6.94. The minimum Gasteiger partial charge on any atom is -0.497 e. The first-order valence-corrected chi connectivity index (χ1v) is 10.9. The smallest absolute Gasteiger partial charge is 0.247 e. The van der Waals surface area contributed by atoms with Crippen molar-refractivity contribution in [2.75, 3.05) is 7.11 Å². The molecule has 1 aromatic heterocycles. The van der Waals surface area contributed by atoms with E-state index in [0.717, 1.165) is 0 Å². The summed E-state index contributed by atoms with van der Waals surface area (Å²) in [5, 5.41) is 4.28. The van der Waals surface area contributed by atoms with E-state index in [2.05, 4.69) is 0 Å². The predicted octanol–water partition coefficient (Wildman–Crippen LogP) is 1.74. The van der Waals surface area contributed by atoms with Gasteiger partial charge >= 0.3 is 0 Å². The van der Waals surface area contributed by atoms with Crippen LogP contribution in [0.1, 0.15) is 28.8 Å². The largest absolute Gasteiger partial charge is 0.497 e. The first-order chi connectivity index (χ1) is 11.1. The Morgan fingerprint density at radius 2 is 1.84 bits per heavy atom. The third kappa shape index (κ3) is 3.55. The van der Waals surface area contributed by atoms with Gasteiger partial charge in [-0.05, 0) is 35.7 Å². The number of nitrogens with two attached hydrogens (primary N) is 2. The highest BCUT2D eigenvalue weighted by Crippen LogP contribution is 2.47. The highest BCUT2D eigenvalue weighted by molar-refractivity contribution is 7.95. The molecule has 0 saturated heterocycles. The fraction of sp³-hybridized carbons (Fsp3) is 0.286. The number of ether oxygens (including phenoxy) is 1. The molecular formula is C14H17ClN2O5S3. The number of sulfonamides is 1. The number of hydrogen-bond donors (Lipinski definition) is 2. The quantitative estimate of drug-likeness (QED) is 0.771. The Kier molecular flexibility index (Phi) is 5.53. The molecule has 0 fully saturated rings. The summed E-state index contributed by atoms with van der Waals surface area (Å²) < 4.78 is 53.8. The number of rotatable bonds is 3. The minimum absolute atomic E-state index is 0. The molecule has 0 spiro atoms. The fourth-order valence-corrected chi connectivity index (χ4v) is 7.45. The molecule has 0 saturated carbocycles. The Hall–Kier alpha value is -1.17. The van der Waals surface area contributed by atoms with Crippen molar-refractivity contribution in [2.45, 2.75) is 26.1 Å². The lowest BCUT2D eigenvalue weighted by molar-refractivity contribution is 0.414. The number of benzene rings is 1. The molecule has 1 aliphatic heterocycles. The summed E-state index contributed by atoms with van der Waals surface area (Å²) in [6.45, 7) is 0. The van der Waals surface area contributed by atoms with Gasteiger partial charge in [0.05, 0.1) is 12.4 Å². The molecule has 2 heterocycles.